The molecule has 0 spiro atoms. The molecule has 0 radical (unpaired) electrons. The number of aliphatic carboxylic acids is 1. The monoisotopic (exact) mass is 293 g/mol. The second-order valence-electron chi connectivity index (χ2n) is 4.13. The summed E-state index contributed by atoms with van der Waals surface area (Å²) in [4.78, 5) is 21.5. The van der Waals surface area contributed by atoms with Crippen LogP contribution in [0.15, 0.2) is 18.2 Å². The lowest BCUT2D eigenvalue weighted by molar-refractivity contribution is -0.174. The van der Waals surface area contributed by atoms with Crippen LogP contribution in [-0.2, 0) is 9.59 Å². The number of nitrogens with one attached hydrogen (secondary N) is 1. The number of rotatable bonds is 4. The molecule has 8 heteroatoms. The molecule has 1 aromatic carbocycles. The van der Waals surface area contributed by atoms with Crippen molar-refractivity contribution in [2.45, 2.75) is 25.6 Å². The second-order valence-corrected chi connectivity index (χ2v) is 4.13. The van der Waals surface area contributed by atoms with Gasteiger partial charge < -0.3 is 10.4 Å². The summed E-state index contributed by atoms with van der Waals surface area (Å²) in [6, 6.07) is 1.94. The Bertz CT molecular complexity index is 528. The predicted octanol–water partition coefficient (Wildman–Crippen LogP) is 2.33. The average molecular weight is 293 g/mol. The lowest BCUT2D eigenvalue weighted by Crippen LogP contribution is -2.39. The van der Waals surface area contributed by atoms with Gasteiger partial charge in [-0.3, -0.25) is 9.59 Å². The second kappa shape index (κ2) is 5.89. The molecule has 0 saturated heterocycles. The third-order valence-corrected chi connectivity index (χ3v) is 2.53. The highest BCUT2D eigenvalue weighted by atomic mass is 19.4. The number of carboxylic acid groups (broad SMARTS) is 1. The van der Waals surface area contributed by atoms with E-state index in [9.17, 15) is 27.2 Å². The fraction of sp³-hybridized carbons (Fsp3) is 0.333. The number of carboxylic acids is 1. The van der Waals surface area contributed by atoms with Crippen LogP contribution in [0.2, 0.25) is 0 Å². The molecule has 0 aliphatic carbocycles. The molecule has 0 aromatic heterocycles. The molecule has 1 aromatic rings. The van der Waals surface area contributed by atoms with Crippen molar-refractivity contribution in [3.8, 4) is 0 Å². The number of halogens is 4. The van der Waals surface area contributed by atoms with Gasteiger partial charge in [-0.05, 0) is 24.1 Å². The summed E-state index contributed by atoms with van der Waals surface area (Å²) in [6.45, 7) is 1.38. The van der Waals surface area contributed by atoms with Crippen molar-refractivity contribution in [3.05, 3.63) is 35.1 Å². The summed E-state index contributed by atoms with van der Waals surface area (Å²) >= 11 is 0. The molecule has 0 aliphatic rings. The first-order chi connectivity index (χ1) is 9.11. The van der Waals surface area contributed by atoms with E-state index in [2.05, 4.69) is 0 Å². The van der Waals surface area contributed by atoms with Gasteiger partial charge in [-0.25, -0.2) is 4.39 Å². The van der Waals surface area contributed by atoms with Crippen molar-refractivity contribution in [2.24, 2.45) is 0 Å². The van der Waals surface area contributed by atoms with Gasteiger partial charge in [0.05, 0.1) is 12.5 Å². The van der Waals surface area contributed by atoms with E-state index in [-0.39, 0.29) is 11.1 Å². The van der Waals surface area contributed by atoms with E-state index in [0.717, 1.165) is 12.1 Å². The van der Waals surface area contributed by atoms with Crippen molar-refractivity contribution >= 4 is 11.9 Å². The lowest BCUT2D eigenvalue weighted by Gasteiger charge is -2.19. The van der Waals surface area contributed by atoms with Crippen LogP contribution < -0.4 is 5.32 Å². The van der Waals surface area contributed by atoms with Crippen molar-refractivity contribution in [3.63, 3.8) is 0 Å². The van der Waals surface area contributed by atoms with E-state index in [1.807, 2.05) is 0 Å². The Morgan fingerprint density at radius 1 is 1.35 bits per heavy atom. The van der Waals surface area contributed by atoms with Gasteiger partial charge in [-0.2, -0.15) is 13.2 Å². The molecular weight excluding hydrogens is 282 g/mol. The van der Waals surface area contributed by atoms with Gasteiger partial charge in [0, 0.05) is 0 Å². The quantitative estimate of drug-likeness (QED) is 0.837. The number of alkyl halides is 3. The molecule has 0 aliphatic heterocycles. The predicted molar refractivity (Wildman–Crippen MR) is 60.3 cm³/mol. The molecule has 0 bridgehead atoms. The van der Waals surface area contributed by atoms with Crippen LogP contribution >= 0.6 is 0 Å². The lowest BCUT2D eigenvalue weighted by atomic mass is 10.0. The molecule has 1 unspecified atom stereocenters. The van der Waals surface area contributed by atoms with Crippen LogP contribution in [0.25, 0.3) is 0 Å². The molecule has 1 rings (SSSR count). The summed E-state index contributed by atoms with van der Waals surface area (Å²) in [7, 11) is 0. The van der Waals surface area contributed by atoms with Gasteiger partial charge in [0.25, 0.3) is 0 Å². The maximum atomic E-state index is 13.1. The third kappa shape index (κ3) is 4.22. The molecular formula is C12H11F4NO3. The Hall–Kier alpha value is -2.12. The first-order valence-electron chi connectivity index (χ1n) is 5.46. The first-order valence-corrected chi connectivity index (χ1v) is 5.46. The van der Waals surface area contributed by atoms with Gasteiger partial charge in [0.1, 0.15) is 5.82 Å². The standard InChI is InChI=1S/C12H11F4NO3/c1-6-4-7(2-3-8(6)13)9(5-10(18)19)17-11(20)12(14,15)16/h2-4,9H,5H2,1H3,(H,17,20)(H,18,19). The van der Waals surface area contributed by atoms with Crippen LogP contribution in [0.3, 0.4) is 0 Å². The van der Waals surface area contributed by atoms with Crippen molar-refractivity contribution < 1.29 is 32.3 Å². The van der Waals surface area contributed by atoms with E-state index in [0.29, 0.717) is 0 Å². The molecule has 0 fully saturated rings. The fourth-order valence-corrected chi connectivity index (χ4v) is 1.55. The fourth-order valence-electron chi connectivity index (χ4n) is 1.55. The first kappa shape index (κ1) is 15.9. The molecule has 20 heavy (non-hydrogen) atoms. The summed E-state index contributed by atoms with van der Waals surface area (Å²) in [5, 5.41) is 10.3. The summed E-state index contributed by atoms with van der Waals surface area (Å²) in [5.41, 5.74) is 0.225. The Labute approximate surface area is 111 Å². The van der Waals surface area contributed by atoms with Crippen molar-refractivity contribution in [1.29, 1.82) is 0 Å². The number of benzene rings is 1. The van der Waals surface area contributed by atoms with E-state index in [1.54, 1.807) is 5.32 Å². The van der Waals surface area contributed by atoms with Crippen LogP contribution in [0.4, 0.5) is 17.6 Å². The highest BCUT2D eigenvalue weighted by Crippen LogP contribution is 2.22. The maximum Gasteiger partial charge on any atom is 0.471 e. The Balaban J connectivity index is 3.03. The van der Waals surface area contributed by atoms with Crippen molar-refractivity contribution in [2.75, 3.05) is 0 Å². The van der Waals surface area contributed by atoms with Crippen LogP contribution in [-0.4, -0.2) is 23.2 Å². The van der Waals surface area contributed by atoms with Gasteiger partial charge in [0.15, 0.2) is 0 Å². The minimum absolute atomic E-state index is 0.0869. The molecule has 1 amide bonds. The number of amides is 1. The summed E-state index contributed by atoms with van der Waals surface area (Å²) in [6.07, 6.45) is -5.86. The van der Waals surface area contributed by atoms with E-state index in [4.69, 9.17) is 5.11 Å². The highest BCUT2D eigenvalue weighted by Gasteiger charge is 2.40. The number of hydrogen-bond acceptors (Lipinski definition) is 2. The van der Waals surface area contributed by atoms with Gasteiger partial charge in [-0.1, -0.05) is 12.1 Å². The molecule has 2 N–H and O–H groups in total. The van der Waals surface area contributed by atoms with Crippen LogP contribution in [0.5, 0.6) is 0 Å². The zero-order valence-corrected chi connectivity index (χ0v) is 10.3. The topological polar surface area (TPSA) is 66.4 Å². The van der Waals surface area contributed by atoms with E-state index >= 15 is 0 Å². The molecule has 4 nitrogen and oxygen atoms in total. The zero-order valence-electron chi connectivity index (χ0n) is 10.3. The average Bonchev–Trinajstić information content (AvgIpc) is 2.30. The Morgan fingerprint density at radius 2 is 1.95 bits per heavy atom. The number of hydrogen-bond donors (Lipinski definition) is 2. The van der Waals surface area contributed by atoms with Crippen LogP contribution in [0, 0.1) is 12.7 Å². The van der Waals surface area contributed by atoms with Gasteiger partial charge in [0.2, 0.25) is 0 Å². The third-order valence-electron chi connectivity index (χ3n) is 2.53. The van der Waals surface area contributed by atoms with Crippen LogP contribution in [0.1, 0.15) is 23.6 Å². The normalized spacial score (nSPS) is 12.8. The van der Waals surface area contributed by atoms with Crippen molar-refractivity contribution in [1.82, 2.24) is 5.32 Å². The smallest absolute Gasteiger partial charge is 0.471 e. The Morgan fingerprint density at radius 3 is 2.40 bits per heavy atom. The summed E-state index contributed by atoms with van der Waals surface area (Å²) < 4.78 is 49.7. The SMILES string of the molecule is Cc1cc(C(CC(=O)O)NC(=O)C(F)(F)F)ccc1F. The molecule has 0 saturated carbocycles. The van der Waals surface area contributed by atoms with E-state index in [1.165, 1.54) is 13.0 Å². The molecule has 1 atom stereocenters. The largest absolute Gasteiger partial charge is 0.481 e. The number of aryl methyl sites for hydroxylation is 1. The molecule has 110 valence electrons. The number of carbonyl (C=O) groups excluding carboxylic acids is 1. The van der Waals surface area contributed by atoms with Gasteiger partial charge in [-0.15, -0.1) is 0 Å². The zero-order chi connectivity index (χ0) is 15.5. The Kier molecular flexibility index (Phi) is 4.69. The number of carbonyl (C=O) groups is 2. The van der Waals surface area contributed by atoms with Gasteiger partial charge >= 0.3 is 18.1 Å². The highest BCUT2D eigenvalue weighted by molar-refractivity contribution is 5.82. The minimum atomic E-state index is -5.12. The van der Waals surface area contributed by atoms with E-state index < -0.39 is 36.3 Å². The maximum absolute atomic E-state index is 13.1. The minimum Gasteiger partial charge on any atom is -0.481 e. The summed E-state index contributed by atoms with van der Waals surface area (Å²) in [5.74, 6) is -4.21. The molecule has 0 heterocycles.